The molecule has 0 aliphatic heterocycles. The highest BCUT2D eigenvalue weighted by Crippen LogP contribution is 2.25. The molecule has 1 aromatic heterocycles. The monoisotopic (exact) mass is 336 g/mol. The average molecular weight is 336 g/mol. The Morgan fingerprint density at radius 3 is 2.71 bits per heavy atom. The number of carbonyl (C=O) groups excluding carboxylic acids is 1. The maximum absolute atomic E-state index is 11.8. The van der Waals surface area contributed by atoms with Crippen LogP contribution in [-0.2, 0) is 23.1 Å². The first-order chi connectivity index (χ1) is 11.6. The molecular formula is C16H28N6O2. The van der Waals surface area contributed by atoms with E-state index in [4.69, 9.17) is 4.74 Å². The molecule has 0 spiro atoms. The normalized spacial score (nSPS) is 21.4. The maximum Gasteiger partial charge on any atom is 0.308 e. The Morgan fingerprint density at radius 1 is 1.38 bits per heavy atom. The van der Waals surface area contributed by atoms with Crippen molar-refractivity contribution in [1.82, 2.24) is 25.4 Å². The lowest BCUT2D eigenvalue weighted by Crippen LogP contribution is -2.45. The Balaban J connectivity index is 1.85. The van der Waals surface area contributed by atoms with E-state index >= 15 is 0 Å². The van der Waals surface area contributed by atoms with Crippen molar-refractivity contribution < 1.29 is 9.53 Å². The Hall–Kier alpha value is -2.12. The number of aliphatic imine (C=N–C) groups is 1. The van der Waals surface area contributed by atoms with Gasteiger partial charge in [0.25, 0.3) is 0 Å². The number of carbonyl (C=O) groups is 1. The van der Waals surface area contributed by atoms with Crippen molar-refractivity contribution in [2.45, 2.75) is 52.1 Å². The molecule has 0 atom stereocenters. The van der Waals surface area contributed by atoms with Crippen LogP contribution in [0, 0.1) is 5.92 Å². The summed E-state index contributed by atoms with van der Waals surface area (Å²) in [5.41, 5.74) is 0. The summed E-state index contributed by atoms with van der Waals surface area (Å²) < 4.78 is 6.84. The van der Waals surface area contributed by atoms with Gasteiger partial charge in [-0.25, -0.2) is 9.98 Å². The molecule has 2 rings (SSSR count). The summed E-state index contributed by atoms with van der Waals surface area (Å²) >= 11 is 0. The topological polar surface area (TPSA) is 93.4 Å². The summed E-state index contributed by atoms with van der Waals surface area (Å²) in [4.78, 5) is 20.6. The van der Waals surface area contributed by atoms with Gasteiger partial charge in [-0.05, 0) is 39.5 Å². The Kier molecular flexibility index (Phi) is 7.02. The van der Waals surface area contributed by atoms with Crippen molar-refractivity contribution in [2.24, 2.45) is 18.0 Å². The van der Waals surface area contributed by atoms with Gasteiger partial charge in [-0.3, -0.25) is 9.48 Å². The minimum Gasteiger partial charge on any atom is -0.466 e. The number of aromatic nitrogens is 3. The maximum atomic E-state index is 11.8. The average Bonchev–Trinajstić information content (AvgIpc) is 2.99. The van der Waals surface area contributed by atoms with Gasteiger partial charge in [0.2, 0.25) is 0 Å². The number of guanidine groups is 1. The first-order valence-corrected chi connectivity index (χ1v) is 8.68. The van der Waals surface area contributed by atoms with Crippen LogP contribution in [-0.4, -0.2) is 45.9 Å². The van der Waals surface area contributed by atoms with E-state index in [1.54, 1.807) is 4.68 Å². The van der Waals surface area contributed by atoms with Crippen molar-refractivity contribution >= 4 is 11.9 Å². The van der Waals surface area contributed by atoms with E-state index in [2.05, 4.69) is 25.7 Å². The van der Waals surface area contributed by atoms with Gasteiger partial charge in [0.05, 0.1) is 12.5 Å². The van der Waals surface area contributed by atoms with Crippen molar-refractivity contribution in [3.63, 3.8) is 0 Å². The Bertz CT molecular complexity index is 549. The van der Waals surface area contributed by atoms with Crippen LogP contribution in [0.15, 0.2) is 11.3 Å². The van der Waals surface area contributed by atoms with E-state index in [9.17, 15) is 4.79 Å². The van der Waals surface area contributed by atoms with Crippen molar-refractivity contribution in [3.8, 4) is 0 Å². The lowest BCUT2D eigenvalue weighted by Gasteiger charge is -2.29. The molecule has 1 aliphatic carbocycles. The first-order valence-electron chi connectivity index (χ1n) is 8.68. The van der Waals surface area contributed by atoms with E-state index in [0.29, 0.717) is 19.2 Å². The third kappa shape index (κ3) is 5.21. The van der Waals surface area contributed by atoms with Crippen molar-refractivity contribution in [3.05, 3.63) is 12.2 Å². The molecule has 0 radical (unpaired) electrons. The van der Waals surface area contributed by atoms with Gasteiger partial charge in [0, 0.05) is 19.6 Å². The SMILES string of the molecule is CCNC(=NCc1ncnn1C)NC1CCC(C(=O)OCC)CC1. The Labute approximate surface area is 143 Å². The van der Waals surface area contributed by atoms with Crippen LogP contribution < -0.4 is 10.6 Å². The molecule has 0 bridgehead atoms. The smallest absolute Gasteiger partial charge is 0.308 e. The molecule has 0 saturated heterocycles. The predicted octanol–water partition coefficient (Wildman–Crippen LogP) is 0.992. The van der Waals surface area contributed by atoms with E-state index in [1.807, 2.05) is 20.9 Å². The summed E-state index contributed by atoms with van der Waals surface area (Å²) in [5.74, 6) is 1.58. The van der Waals surface area contributed by atoms with Crippen molar-refractivity contribution in [2.75, 3.05) is 13.2 Å². The van der Waals surface area contributed by atoms with E-state index in [1.165, 1.54) is 6.33 Å². The summed E-state index contributed by atoms with van der Waals surface area (Å²) in [5, 5.41) is 10.8. The molecule has 1 aliphatic rings. The fourth-order valence-corrected chi connectivity index (χ4v) is 2.86. The Morgan fingerprint density at radius 2 is 2.12 bits per heavy atom. The summed E-state index contributed by atoms with van der Waals surface area (Å²) in [6, 6.07) is 0.327. The summed E-state index contributed by atoms with van der Waals surface area (Å²) in [6.07, 6.45) is 5.13. The minimum atomic E-state index is -0.0567. The fourth-order valence-electron chi connectivity index (χ4n) is 2.86. The highest BCUT2D eigenvalue weighted by Gasteiger charge is 2.27. The molecule has 0 amide bonds. The molecule has 1 fully saturated rings. The number of nitrogens with one attached hydrogen (secondary N) is 2. The number of rotatable bonds is 6. The minimum absolute atomic E-state index is 0.0427. The molecule has 134 valence electrons. The first kappa shape index (κ1) is 18.2. The highest BCUT2D eigenvalue weighted by atomic mass is 16.5. The molecule has 1 aromatic rings. The van der Waals surface area contributed by atoms with Gasteiger partial charge in [-0.2, -0.15) is 5.10 Å². The van der Waals surface area contributed by atoms with Crippen LogP contribution >= 0.6 is 0 Å². The van der Waals surface area contributed by atoms with Crippen LogP contribution in [0.2, 0.25) is 0 Å². The van der Waals surface area contributed by atoms with Crippen molar-refractivity contribution in [1.29, 1.82) is 0 Å². The molecule has 1 saturated carbocycles. The van der Waals surface area contributed by atoms with Gasteiger partial charge in [-0.1, -0.05) is 0 Å². The molecule has 8 heteroatoms. The number of aryl methyl sites for hydroxylation is 1. The summed E-state index contributed by atoms with van der Waals surface area (Å²) in [7, 11) is 1.86. The molecular weight excluding hydrogens is 308 g/mol. The lowest BCUT2D eigenvalue weighted by atomic mass is 9.86. The second-order valence-corrected chi connectivity index (χ2v) is 5.94. The van der Waals surface area contributed by atoms with E-state index < -0.39 is 0 Å². The van der Waals surface area contributed by atoms with E-state index in [-0.39, 0.29) is 11.9 Å². The second-order valence-electron chi connectivity index (χ2n) is 5.94. The number of esters is 1. The van der Waals surface area contributed by atoms with E-state index in [0.717, 1.165) is 44.0 Å². The molecule has 24 heavy (non-hydrogen) atoms. The molecule has 1 heterocycles. The summed E-state index contributed by atoms with van der Waals surface area (Å²) in [6.45, 7) is 5.61. The largest absolute Gasteiger partial charge is 0.466 e. The molecule has 0 unspecified atom stereocenters. The molecule has 8 nitrogen and oxygen atoms in total. The molecule has 0 aromatic carbocycles. The van der Waals surface area contributed by atoms with Gasteiger partial charge in [-0.15, -0.1) is 0 Å². The fraction of sp³-hybridized carbons (Fsp3) is 0.750. The predicted molar refractivity (Wildman–Crippen MR) is 91.3 cm³/mol. The number of hydrogen-bond acceptors (Lipinski definition) is 5. The van der Waals surface area contributed by atoms with Crippen LogP contribution in [0.25, 0.3) is 0 Å². The molecule has 2 N–H and O–H groups in total. The quantitative estimate of drug-likeness (QED) is 0.457. The van der Waals surface area contributed by atoms with Gasteiger partial charge in [0.1, 0.15) is 18.7 Å². The number of ether oxygens (including phenoxy) is 1. The number of hydrogen-bond donors (Lipinski definition) is 2. The standard InChI is InChI=1S/C16H28N6O2/c1-4-17-16(18-10-14-19-11-20-22(14)3)21-13-8-6-12(7-9-13)15(23)24-5-2/h11-13H,4-10H2,1-3H3,(H2,17,18,21). The van der Waals surface area contributed by atoms with Crippen LogP contribution in [0.4, 0.5) is 0 Å². The third-order valence-corrected chi connectivity index (χ3v) is 4.22. The second kappa shape index (κ2) is 9.24. The lowest BCUT2D eigenvalue weighted by molar-refractivity contribution is -0.149. The van der Waals surface area contributed by atoms with Crippen LogP contribution in [0.3, 0.4) is 0 Å². The van der Waals surface area contributed by atoms with Gasteiger partial charge < -0.3 is 15.4 Å². The zero-order valence-electron chi connectivity index (χ0n) is 14.8. The van der Waals surface area contributed by atoms with Crippen LogP contribution in [0.5, 0.6) is 0 Å². The number of nitrogens with zero attached hydrogens (tertiary/aromatic N) is 4. The van der Waals surface area contributed by atoms with Gasteiger partial charge in [0.15, 0.2) is 5.96 Å². The van der Waals surface area contributed by atoms with Gasteiger partial charge >= 0.3 is 5.97 Å². The van der Waals surface area contributed by atoms with Crippen LogP contribution in [0.1, 0.15) is 45.4 Å². The highest BCUT2D eigenvalue weighted by molar-refractivity contribution is 5.80. The zero-order valence-corrected chi connectivity index (χ0v) is 14.8. The zero-order chi connectivity index (χ0) is 17.4. The third-order valence-electron chi connectivity index (χ3n) is 4.22.